The van der Waals surface area contributed by atoms with Crippen LogP contribution in [-0.2, 0) is 13.6 Å². The summed E-state index contributed by atoms with van der Waals surface area (Å²) in [6, 6.07) is 3.72. The summed E-state index contributed by atoms with van der Waals surface area (Å²) in [5.74, 6) is 1.04. The van der Waals surface area contributed by atoms with Crippen LogP contribution >= 0.6 is 12.2 Å². The summed E-state index contributed by atoms with van der Waals surface area (Å²) in [6.45, 7) is 6.84. The van der Waals surface area contributed by atoms with Crippen LogP contribution in [0, 0.1) is 17.6 Å². The van der Waals surface area contributed by atoms with E-state index in [4.69, 9.17) is 12.2 Å². The molecule has 2 aromatic heterocycles. The van der Waals surface area contributed by atoms with Crippen molar-refractivity contribution < 1.29 is 0 Å². The molecule has 0 aliphatic carbocycles. The fraction of sp³-hybridized carbons (Fsp3) is 0.462. The van der Waals surface area contributed by atoms with E-state index in [1.54, 1.807) is 17.7 Å². The Balaban J connectivity index is 2.64. The quantitative estimate of drug-likeness (QED) is 0.876. The van der Waals surface area contributed by atoms with Gasteiger partial charge in [0.25, 0.3) is 5.56 Å². The molecule has 0 atom stereocenters. The standard InChI is InChI=1S/C13H18N4OS/c1-8(2)7-17-11(14-15-13(17)19)10-6-5-9(3)16(4)12(10)18/h5-6,8H,7H2,1-4H3,(H,15,19). The largest absolute Gasteiger partial charge is 0.315 e. The van der Waals surface area contributed by atoms with Crippen molar-refractivity contribution in [2.75, 3.05) is 0 Å². The van der Waals surface area contributed by atoms with Gasteiger partial charge in [-0.05, 0) is 37.2 Å². The summed E-state index contributed by atoms with van der Waals surface area (Å²) in [5.41, 5.74) is 1.43. The minimum Gasteiger partial charge on any atom is -0.315 e. The first kappa shape index (κ1) is 13.7. The highest BCUT2D eigenvalue weighted by Crippen LogP contribution is 2.15. The molecule has 19 heavy (non-hydrogen) atoms. The van der Waals surface area contributed by atoms with Gasteiger partial charge >= 0.3 is 0 Å². The molecule has 102 valence electrons. The lowest BCUT2D eigenvalue weighted by atomic mass is 10.2. The second kappa shape index (κ2) is 5.13. The molecule has 0 spiro atoms. The maximum atomic E-state index is 12.3. The molecule has 0 bridgehead atoms. The summed E-state index contributed by atoms with van der Waals surface area (Å²) in [6.07, 6.45) is 0. The number of aryl methyl sites for hydroxylation is 1. The van der Waals surface area contributed by atoms with Gasteiger partial charge in [-0.15, -0.1) is 0 Å². The van der Waals surface area contributed by atoms with Crippen molar-refractivity contribution in [2.24, 2.45) is 13.0 Å². The van der Waals surface area contributed by atoms with E-state index in [9.17, 15) is 4.79 Å². The summed E-state index contributed by atoms with van der Waals surface area (Å²) in [4.78, 5) is 12.3. The first-order chi connectivity index (χ1) is 8.91. The number of pyridine rings is 1. The van der Waals surface area contributed by atoms with Gasteiger partial charge in [0.2, 0.25) is 0 Å². The van der Waals surface area contributed by atoms with E-state index in [0.717, 1.165) is 12.2 Å². The second-order valence-electron chi connectivity index (χ2n) is 5.11. The molecule has 5 nitrogen and oxygen atoms in total. The van der Waals surface area contributed by atoms with E-state index in [1.165, 1.54) is 0 Å². The number of rotatable bonds is 3. The number of nitrogens with zero attached hydrogens (tertiary/aromatic N) is 3. The SMILES string of the molecule is Cc1ccc(-c2n[nH]c(=S)n2CC(C)C)c(=O)n1C. The molecule has 0 amide bonds. The molecule has 0 aromatic carbocycles. The highest BCUT2D eigenvalue weighted by Gasteiger charge is 2.14. The summed E-state index contributed by atoms with van der Waals surface area (Å²) >= 11 is 5.23. The van der Waals surface area contributed by atoms with Gasteiger partial charge in [-0.3, -0.25) is 14.5 Å². The normalized spacial score (nSPS) is 11.2. The van der Waals surface area contributed by atoms with Crippen molar-refractivity contribution in [3.05, 3.63) is 33.0 Å². The molecular formula is C13H18N4OS. The van der Waals surface area contributed by atoms with Crippen LogP contribution in [0.25, 0.3) is 11.4 Å². The summed E-state index contributed by atoms with van der Waals surface area (Å²) in [5, 5.41) is 6.97. The van der Waals surface area contributed by atoms with Crippen molar-refractivity contribution >= 4 is 12.2 Å². The molecule has 0 fully saturated rings. The van der Waals surface area contributed by atoms with Gasteiger partial charge in [0.15, 0.2) is 10.6 Å². The van der Waals surface area contributed by atoms with Crippen LogP contribution in [-0.4, -0.2) is 19.3 Å². The number of H-pyrrole nitrogens is 1. The lowest BCUT2D eigenvalue weighted by molar-refractivity contribution is 0.521. The predicted octanol–water partition coefficient (Wildman–Crippen LogP) is 2.27. The van der Waals surface area contributed by atoms with Crippen LogP contribution in [0.2, 0.25) is 0 Å². The van der Waals surface area contributed by atoms with Crippen LogP contribution in [0.5, 0.6) is 0 Å². The molecule has 2 rings (SSSR count). The zero-order valence-corrected chi connectivity index (χ0v) is 12.4. The lowest BCUT2D eigenvalue weighted by Crippen LogP contribution is -2.22. The number of hydrogen-bond acceptors (Lipinski definition) is 3. The topological polar surface area (TPSA) is 55.6 Å². The van der Waals surface area contributed by atoms with Crippen molar-refractivity contribution in [1.82, 2.24) is 19.3 Å². The highest BCUT2D eigenvalue weighted by molar-refractivity contribution is 7.71. The Morgan fingerprint density at radius 3 is 2.74 bits per heavy atom. The molecule has 1 N–H and O–H groups in total. The number of aromatic nitrogens is 4. The number of aromatic amines is 1. The molecule has 2 heterocycles. The van der Waals surface area contributed by atoms with Crippen LogP contribution in [0.1, 0.15) is 19.5 Å². The predicted molar refractivity (Wildman–Crippen MR) is 77.7 cm³/mol. The molecule has 0 saturated heterocycles. The average molecular weight is 278 g/mol. The maximum absolute atomic E-state index is 12.3. The van der Waals surface area contributed by atoms with Crippen LogP contribution in [0.15, 0.2) is 16.9 Å². The molecule has 0 radical (unpaired) electrons. The first-order valence-corrected chi connectivity index (χ1v) is 6.65. The maximum Gasteiger partial charge on any atom is 0.261 e. The van der Waals surface area contributed by atoms with E-state index in [0.29, 0.717) is 22.1 Å². The molecule has 0 aliphatic rings. The third-order valence-electron chi connectivity index (χ3n) is 3.10. The molecule has 6 heteroatoms. The minimum absolute atomic E-state index is 0.0565. The van der Waals surface area contributed by atoms with Gasteiger partial charge in [-0.1, -0.05) is 13.8 Å². The highest BCUT2D eigenvalue weighted by atomic mass is 32.1. The van der Waals surface area contributed by atoms with Gasteiger partial charge in [0.05, 0.1) is 5.56 Å². The monoisotopic (exact) mass is 278 g/mol. The third-order valence-corrected chi connectivity index (χ3v) is 3.41. The molecule has 0 aliphatic heterocycles. The summed E-state index contributed by atoms with van der Waals surface area (Å²) in [7, 11) is 1.76. The van der Waals surface area contributed by atoms with Gasteiger partial charge in [-0.25, -0.2) is 0 Å². The van der Waals surface area contributed by atoms with Gasteiger partial charge in [-0.2, -0.15) is 5.10 Å². The van der Waals surface area contributed by atoms with E-state index in [-0.39, 0.29) is 5.56 Å². The van der Waals surface area contributed by atoms with Crippen molar-refractivity contribution in [3.63, 3.8) is 0 Å². The zero-order valence-electron chi connectivity index (χ0n) is 11.6. The molecular weight excluding hydrogens is 260 g/mol. The smallest absolute Gasteiger partial charge is 0.261 e. The Kier molecular flexibility index (Phi) is 3.71. The fourth-order valence-corrected chi connectivity index (χ4v) is 2.16. The van der Waals surface area contributed by atoms with E-state index >= 15 is 0 Å². The number of hydrogen-bond donors (Lipinski definition) is 1. The van der Waals surface area contributed by atoms with E-state index < -0.39 is 0 Å². The second-order valence-corrected chi connectivity index (χ2v) is 5.50. The van der Waals surface area contributed by atoms with Crippen LogP contribution in [0.3, 0.4) is 0 Å². The fourth-order valence-electron chi connectivity index (χ4n) is 1.96. The Labute approximate surface area is 116 Å². The van der Waals surface area contributed by atoms with E-state index in [2.05, 4.69) is 24.0 Å². The number of nitrogens with one attached hydrogen (secondary N) is 1. The third kappa shape index (κ3) is 2.53. The zero-order chi connectivity index (χ0) is 14.2. The van der Waals surface area contributed by atoms with Gasteiger partial charge < -0.3 is 4.57 Å². The van der Waals surface area contributed by atoms with Gasteiger partial charge in [0.1, 0.15) is 0 Å². The molecule has 2 aromatic rings. The van der Waals surface area contributed by atoms with Crippen molar-refractivity contribution in [2.45, 2.75) is 27.3 Å². The van der Waals surface area contributed by atoms with Gasteiger partial charge in [0, 0.05) is 19.3 Å². The Morgan fingerprint density at radius 2 is 2.11 bits per heavy atom. The van der Waals surface area contributed by atoms with Crippen molar-refractivity contribution in [1.29, 1.82) is 0 Å². The first-order valence-electron chi connectivity index (χ1n) is 6.24. The molecule has 0 saturated carbocycles. The Bertz CT molecular complexity index is 708. The van der Waals surface area contributed by atoms with Crippen LogP contribution < -0.4 is 5.56 Å². The van der Waals surface area contributed by atoms with Crippen molar-refractivity contribution in [3.8, 4) is 11.4 Å². The van der Waals surface area contributed by atoms with Crippen LogP contribution in [0.4, 0.5) is 0 Å². The Morgan fingerprint density at radius 1 is 1.42 bits per heavy atom. The summed E-state index contributed by atoms with van der Waals surface area (Å²) < 4.78 is 4.05. The van der Waals surface area contributed by atoms with E-state index in [1.807, 2.05) is 17.6 Å². The lowest BCUT2D eigenvalue weighted by Gasteiger charge is -2.10. The average Bonchev–Trinajstić information content (AvgIpc) is 2.68. The molecule has 0 unspecified atom stereocenters. The minimum atomic E-state index is -0.0565. The Hall–Kier alpha value is -1.69.